The summed E-state index contributed by atoms with van der Waals surface area (Å²) in [6.07, 6.45) is 1.13. The average molecular weight is 549 g/mol. The number of sulfonamides is 1. The SMILES string of the molecule is O=C1C(Cc2ccccc2)NC2(CCN(S(=O)(=O)C(=O)c3ccc([N+](=O)[O-])cc3)CC2)N1Cc1ccccc1. The molecule has 1 N–H and O–H groups in total. The van der Waals surface area contributed by atoms with Crippen LogP contribution in [-0.2, 0) is 27.8 Å². The van der Waals surface area contributed by atoms with Gasteiger partial charge in [-0.05, 0) is 42.5 Å². The minimum atomic E-state index is -4.35. The van der Waals surface area contributed by atoms with Crippen molar-refractivity contribution in [2.24, 2.45) is 0 Å². The van der Waals surface area contributed by atoms with E-state index in [0.717, 1.165) is 39.7 Å². The van der Waals surface area contributed by atoms with E-state index in [9.17, 15) is 28.1 Å². The molecular weight excluding hydrogens is 520 g/mol. The van der Waals surface area contributed by atoms with Crippen LogP contribution in [0.5, 0.6) is 0 Å². The highest BCUT2D eigenvalue weighted by atomic mass is 32.2. The number of nitrogens with zero attached hydrogens (tertiary/aromatic N) is 3. The summed E-state index contributed by atoms with van der Waals surface area (Å²) in [6, 6.07) is 23.4. The topological polar surface area (TPSA) is 130 Å². The fraction of sp³-hybridized carbons (Fsp3) is 0.286. The molecule has 2 aliphatic rings. The van der Waals surface area contributed by atoms with Gasteiger partial charge in [-0.25, -0.2) is 8.42 Å². The Morgan fingerprint density at radius 1 is 0.923 bits per heavy atom. The molecule has 3 aromatic rings. The van der Waals surface area contributed by atoms with Crippen LogP contribution in [0.25, 0.3) is 0 Å². The third kappa shape index (κ3) is 5.33. The van der Waals surface area contributed by atoms with E-state index in [0.29, 0.717) is 25.8 Å². The first kappa shape index (κ1) is 26.7. The smallest absolute Gasteiger partial charge is 0.291 e. The first-order chi connectivity index (χ1) is 18.7. The zero-order chi connectivity index (χ0) is 27.6. The lowest BCUT2D eigenvalue weighted by molar-refractivity contribution is -0.384. The van der Waals surface area contributed by atoms with E-state index < -0.39 is 31.8 Å². The highest BCUT2D eigenvalue weighted by Gasteiger charge is 2.52. The van der Waals surface area contributed by atoms with Gasteiger partial charge in [-0.15, -0.1) is 0 Å². The van der Waals surface area contributed by atoms with Gasteiger partial charge in [0.15, 0.2) is 0 Å². The monoisotopic (exact) mass is 548 g/mol. The number of piperidine rings is 1. The van der Waals surface area contributed by atoms with E-state index in [1.807, 2.05) is 65.6 Å². The van der Waals surface area contributed by atoms with Crippen LogP contribution in [0.3, 0.4) is 0 Å². The molecule has 1 amide bonds. The maximum Gasteiger partial charge on any atom is 0.291 e. The fourth-order valence-corrected chi connectivity index (χ4v) is 6.67. The number of benzene rings is 3. The number of nitro groups is 1. The number of rotatable bonds is 7. The van der Waals surface area contributed by atoms with Crippen LogP contribution in [0, 0.1) is 10.1 Å². The van der Waals surface area contributed by atoms with E-state index in [1.165, 1.54) is 0 Å². The van der Waals surface area contributed by atoms with Crippen LogP contribution in [0.15, 0.2) is 84.9 Å². The Hall–Kier alpha value is -3.93. The molecule has 2 fully saturated rings. The predicted molar refractivity (Wildman–Crippen MR) is 144 cm³/mol. The number of nitro benzene ring substituents is 1. The molecule has 0 aliphatic carbocycles. The van der Waals surface area contributed by atoms with Gasteiger partial charge in [0.05, 0.1) is 16.6 Å². The van der Waals surface area contributed by atoms with Gasteiger partial charge in [0.2, 0.25) is 5.91 Å². The Balaban J connectivity index is 1.35. The minimum Gasteiger partial charge on any atom is -0.319 e. The summed E-state index contributed by atoms with van der Waals surface area (Å²) in [5.74, 6) is -0.0408. The molecule has 1 spiro atoms. The van der Waals surface area contributed by atoms with Crippen LogP contribution >= 0.6 is 0 Å². The van der Waals surface area contributed by atoms with Gasteiger partial charge in [0.25, 0.3) is 20.8 Å². The molecule has 39 heavy (non-hydrogen) atoms. The summed E-state index contributed by atoms with van der Waals surface area (Å²) in [5, 5.41) is 13.3. The zero-order valence-electron chi connectivity index (χ0n) is 21.1. The lowest BCUT2D eigenvalue weighted by Gasteiger charge is -2.44. The normalized spacial score (nSPS) is 19.3. The van der Waals surface area contributed by atoms with Crippen LogP contribution < -0.4 is 5.32 Å². The number of hydrogen-bond donors (Lipinski definition) is 1. The Bertz CT molecular complexity index is 1470. The van der Waals surface area contributed by atoms with E-state index >= 15 is 0 Å². The second-order valence-corrected chi connectivity index (χ2v) is 11.7. The minimum absolute atomic E-state index is 0.0408. The van der Waals surface area contributed by atoms with Crippen molar-refractivity contribution in [3.63, 3.8) is 0 Å². The van der Waals surface area contributed by atoms with E-state index in [2.05, 4.69) is 5.32 Å². The van der Waals surface area contributed by atoms with Crippen molar-refractivity contribution >= 4 is 26.7 Å². The summed E-state index contributed by atoms with van der Waals surface area (Å²) in [6.45, 7) is 0.474. The van der Waals surface area contributed by atoms with Crippen molar-refractivity contribution in [1.29, 1.82) is 0 Å². The number of carbonyl (C=O) groups excluding carboxylic acids is 2. The molecule has 2 saturated heterocycles. The van der Waals surface area contributed by atoms with Gasteiger partial charge in [-0.1, -0.05) is 60.7 Å². The van der Waals surface area contributed by atoms with Crippen LogP contribution in [0.2, 0.25) is 0 Å². The van der Waals surface area contributed by atoms with E-state index in [-0.39, 0.29) is 30.2 Å². The molecule has 3 aromatic carbocycles. The second-order valence-electron chi connectivity index (χ2n) is 9.82. The molecular formula is C28H28N4O6S. The standard InChI is InChI=1S/C28H28N4O6S/c33-26-25(19-21-7-3-1-4-8-21)29-28(31(26)20-22-9-5-2-6-10-22)15-17-30(18-16-28)39(37,38)27(34)23-11-13-24(14-12-23)32(35)36/h1-14,25,29H,15-20H2. The molecule has 1 unspecified atom stereocenters. The molecule has 2 aliphatic heterocycles. The summed E-state index contributed by atoms with van der Waals surface area (Å²) in [4.78, 5) is 38.7. The molecule has 0 aromatic heterocycles. The van der Waals surface area contributed by atoms with Crippen LogP contribution in [-0.4, -0.2) is 58.4 Å². The van der Waals surface area contributed by atoms with Crippen molar-refractivity contribution < 1.29 is 22.9 Å². The Morgan fingerprint density at radius 3 is 2.05 bits per heavy atom. The third-order valence-electron chi connectivity index (χ3n) is 7.43. The molecule has 11 heteroatoms. The van der Waals surface area contributed by atoms with Gasteiger partial charge in [0.1, 0.15) is 0 Å². The number of non-ortho nitro benzene ring substituents is 1. The summed E-state index contributed by atoms with van der Waals surface area (Å²) < 4.78 is 27.5. The first-order valence-corrected chi connectivity index (χ1v) is 14.1. The lowest BCUT2D eigenvalue weighted by atomic mass is 9.96. The summed E-state index contributed by atoms with van der Waals surface area (Å²) >= 11 is 0. The van der Waals surface area contributed by atoms with Crippen molar-refractivity contribution in [2.75, 3.05) is 13.1 Å². The quantitative estimate of drug-likeness (QED) is 0.355. The lowest BCUT2D eigenvalue weighted by Crippen LogP contribution is -2.59. The number of nitrogens with one attached hydrogen (secondary N) is 1. The van der Waals surface area contributed by atoms with Gasteiger partial charge in [0, 0.05) is 37.3 Å². The highest BCUT2D eigenvalue weighted by molar-refractivity contribution is 8.04. The third-order valence-corrected chi connectivity index (χ3v) is 9.18. The van der Waals surface area contributed by atoms with Crippen molar-refractivity contribution in [2.45, 2.75) is 37.5 Å². The Morgan fingerprint density at radius 2 is 1.49 bits per heavy atom. The highest BCUT2D eigenvalue weighted by Crippen LogP contribution is 2.36. The average Bonchev–Trinajstić information content (AvgIpc) is 3.19. The number of hydrogen-bond acceptors (Lipinski definition) is 7. The number of carbonyl (C=O) groups is 2. The first-order valence-electron chi connectivity index (χ1n) is 12.7. The van der Waals surface area contributed by atoms with Crippen molar-refractivity contribution in [3.8, 4) is 0 Å². The van der Waals surface area contributed by atoms with Crippen molar-refractivity contribution in [1.82, 2.24) is 14.5 Å². The van der Waals surface area contributed by atoms with Gasteiger partial charge in [-0.2, -0.15) is 4.31 Å². The Labute approximate surface area is 226 Å². The van der Waals surface area contributed by atoms with E-state index in [4.69, 9.17) is 0 Å². The van der Waals surface area contributed by atoms with E-state index in [1.54, 1.807) is 0 Å². The van der Waals surface area contributed by atoms with Gasteiger partial charge in [-0.3, -0.25) is 25.0 Å². The van der Waals surface area contributed by atoms with Crippen LogP contribution in [0.1, 0.15) is 34.3 Å². The molecule has 10 nitrogen and oxygen atoms in total. The van der Waals surface area contributed by atoms with Crippen LogP contribution in [0.4, 0.5) is 5.69 Å². The second kappa shape index (κ2) is 10.7. The van der Waals surface area contributed by atoms with Gasteiger partial charge < -0.3 is 4.90 Å². The molecule has 1 atom stereocenters. The molecule has 0 radical (unpaired) electrons. The molecule has 202 valence electrons. The summed E-state index contributed by atoms with van der Waals surface area (Å²) in [5.41, 5.74) is 0.868. The zero-order valence-corrected chi connectivity index (χ0v) is 21.9. The van der Waals surface area contributed by atoms with Crippen molar-refractivity contribution in [3.05, 3.63) is 112 Å². The molecule has 5 rings (SSSR count). The number of amides is 1. The molecule has 2 heterocycles. The Kier molecular flexibility index (Phi) is 7.30. The molecule has 0 saturated carbocycles. The van der Waals surface area contributed by atoms with Gasteiger partial charge >= 0.3 is 0 Å². The predicted octanol–water partition coefficient (Wildman–Crippen LogP) is 3.10. The maximum atomic E-state index is 13.7. The molecule has 0 bridgehead atoms. The summed E-state index contributed by atoms with van der Waals surface area (Å²) in [7, 11) is -4.35. The fourth-order valence-electron chi connectivity index (χ4n) is 5.34. The maximum absolute atomic E-state index is 13.7. The largest absolute Gasteiger partial charge is 0.319 e.